The van der Waals surface area contributed by atoms with Gasteiger partial charge in [-0.15, -0.1) is 0 Å². The molecule has 22 heavy (non-hydrogen) atoms. The molecule has 1 heterocycles. The molecule has 3 rings (SSSR count). The number of H-pyrrole nitrogens is 1. The number of methoxy groups -OCH3 is 1. The average molecular weight is 293 g/mol. The van der Waals surface area contributed by atoms with E-state index in [1.54, 1.807) is 19.5 Å². The van der Waals surface area contributed by atoms with Gasteiger partial charge in [0.15, 0.2) is 0 Å². The molecule has 0 saturated carbocycles. The average Bonchev–Trinajstić information content (AvgIpc) is 2.99. The Morgan fingerprint density at radius 2 is 1.95 bits per heavy atom. The van der Waals surface area contributed by atoms with Gasteiger partial charge in [0.1, 0.15) is 5.75 Å². The van der Waals surface area contributed by atoms with Gasteiger partial charge in [-0.1, -0.05) is 18.2 Å². The zero-order valence-corrected chi connectivity index (χ0v) is 12.0. The van der Waals surface area contributed by atoms with E-state index in [9.17, 15) is 4.79 Å². The number of carbonyl (C=O) groups excluding carboxylic acids is 1. The van der Waals surface area contributed by atoms with E-state index >= 15 is 0 Å². The van der Waals surface area contributed by atoms with Crippen molar-refractivity contribution in [1.82, 2.24) is 10.4 Å². The Balaban J connectivity index is 1.70. The van der Waals surface area contributed by atoms with Crippen molar-refractivity contribution in [1.29, 1.82) is 0 Å². The number of nitrogens with zero attached hydrogens (tertiary/aromatic N) is 1. The van der Waals surface area contributed by atoms with Crippen molar-refractivity contribution in [3.05, 3.63) is 65.9 Å². The Morgan fingerprint density at radius 3 is 2.73 bits per heavy atom. The van der Waals surface area contributed by atoms with Crippen molar-refractivity contribution in [2.75, 3.05) is 7.11 Å². The van der Waals surface area contributed by atoms with Gasteiger partial charge < -0.3 is 9.72 Å². The zero-order chi connectivity index (χ0) is 15.4. The molecule has 1 amide bonds. The number of ether oxygens (including phenoxy) is 1. The van der Waals surface area contributed by atoms with Crippen LogP contribution in [0.2, 0.25) is 0 Å². The number of aromatic amines is 1. The van der Waals surface area contributed by atoms with Crippen molar-refractivity contribution in [2.45, 2.75) is 0 Å². The van der Waals surface area contributed by atoms with E-state index in [2.05, 4.69) is 15.5 Å². The quantitative estimate of drug-likeness (QED) is 0.573. The summed E-state index contributed by atoms with van der Waals surface area (Å²) in [6, 6.07) is 15.0. The number of hydrogen-bond acceptors (Lipinski definition) is 3. The number of para-hydroxylation sites is 1. The van der Waals surface area contributed by atoms with Crippen LogP contribution in [0, 0.1) is 0 Å². The van der Waals surface area contributed by atoms with Gasteiger partial charge in [-0.2, -0.15) is 5.10 Å². The van der Waals surface area contributed by atoms with E-state index in [1.807, 2.05) is 48.5 Å². The molecule has 0 saturated heterocycles. The van der Waals surface area contributed by atoms with Crippen molar-refractivity contribution in [2.24, 2.45) is 5.10 Å². The number of fused-ring (bicyclic) bond motifs is 1. The number of nitrogens with one attached hydrogen (secondary N) is 2. The van der Waals surface area contributed by atoms with Crippen LogP contribution >= 0.6 is 0 Å². The predicted molar refractivity (Wildman–Crippen MR) is 86.4 cm³/mol. The minimum atomic E-state index is -0.248. The molecule has 5 nitrogen and oxygen atoms in total. The Kier molecular flexibility index (Phi) is 3.87. The fourth-order valence-corrected chi connectivity index (χ4v) is 2.18. The van der Waals surface area contributed by atoms with Crippen LogP contribution in [0.15, 0.2) is 59.8 Å². The molecule has 0 unspecified atom stereocenters. The summed E-state index contributed by atoms with van der Waals surface area (Å²) in [4.78, 5) is 15.2. The molecule has 0 aliphatic rings. The van der Waals surface area contributed by atoms with Crippen LogP contribution in [0.5, 0.6) is 5.75 Å². The summed E-state index contributed by atoms with van der Waals surface area (Å²) >= 11 is 0. The van der Waals surface area contributed by atoms with E-state index < -0.39 is 0 Å². The molecular formula is C17H15N3O2. The molecule has 0 radical (unpaired) electrons. The molecule has 3 aromatic rings. The molecular weight excluding hydrogens is 278 g/mol. The Hall–Kier alpha value is -3.08. The van der Waals surface area contributed by atoms with Crippen LogP contribution in [0.4, 0.5) is 0 Å². The largest absolute Gasteiger partial charge is 0.497 e. The third-order valence-electron chi connectivity index (χ3n) is 3.33. The third kappa shape index (κ3) is 2.83. The number of benzene rings is 2. The Morgan fingerprint density at radius 1 is 1.18 bits per heavy atom. The summed E-state index contributed by atoms with van der Waals surface area (Å²) in [5.74, 6) is 0.530. The lowest BCUT2D eigenvalue weighted by Crippen LogP contribution is -2.17. The van der Waals surface area contributed by atoms with Crippen LogP contribution in [-0.2, 0) is 0 Å². The number of aromatic nitrogens is 1. The van der Waals surface area contributed by atoms with Gasteiger partial charge in [0.25, 0.3) is 5.91 Å². The highest BCUT2D eigenvalue weighted by atomic mass is 16.5. The fourth-order valence-electron chi connectivity index (χ4n) is 2.18. The van der Waals surface area contributed by atoms with Gasteiger partial charge in [-0.05, 0) is 35.9 Å². The van der Waals surface area contributed by atoms with Gasteiger partial charge in [-0.25, -0.2) is 5.43 Å². The van der Waals surface area contributed by atoms with Gasteiger partial charge >= 0.3 is 0 Å². The first-order chi connectivity index (χ1) is 10.8. The fraction of sp³-hybridized carbons (Fsp3) is 0.0588. The van der Waals surface area contributed by atoms with E-state index in [0.717, 1.165) is 22.2 Å². The Bertz CT molecular complexity index is 819. The number of hydrazone groups is 1. The minimum absolute atomic E-state index is 0.248. The smallest absolute Gasteiger partial charge is 0.273 e. The number of carbonyl (C=O) groups is 1. The first kappa shape index (κ1) is 13.9. The molecule has 110 valence electrons. The predicted octanol–water partition coefficient (Wildman–Crippen LogP) is 2.94. The van der Waals surface area contributed by atoms with Crippen LogP contribution in [-0.4, -0.2) is 24.2 Å². The lowest BCUT2D eigenvalue weighted by molar-refractivity contribution is 0.0957. The molecule has 0 fully saturated rings. The maximum absolute atomic E-state index is 12.1. The summed E-state index contributed by atoms with van der Waals surface area (Å²) < 4.78 is 5.08. The summed E-state index contributed by atoms with van der Waals surface area (Å²) in [5.41, 5.74) is 4.90. The van der Waals surface area contributed by atoms with Crippen LogP contribution < -0.4 is 10.2 Å². The molecule has 1 aromatic heterocycles. The summed E-state index contributed by atoms with van der Waals surface area (Å²) in [6.07, 6.45) is 3.27. The third-order valence-corrected chi connectivity index (χ3v) is 3.33. The van der Waals surface area contributed by atoms with Gasteiger partial charge in [0.2, 0.25) is 0 Å². The second-order valence-corrected chi connectivity index (χ2v) is 4.72. The van der Waals surface area contributed by atoms with Crippen molar-refractivity contribution < 1.29 is 9.53 Å². The molecule has 2 aromatic carbocycles. The lowest BCUT2D eigenvalue weighted by Gasteiger charge is -2.00. The lowest BCUT2D eigenvalue weighted by atomic mass is 10.2. The second kappa shape index (κ2) is 6.13. The van der Waals surface area contributed by atoms with E-state index in [1.165, 1.54) is 0 Å². The van der Waals surface area contributed by atoms with Gasteiger partial charge in [0.05, 0.1) is 18.9 Å². The normalized spacial score (nSPS) is 11.0. The second-order valence-electron chi connectivity index (χ2n) is 4.72. The van der Waals surface area contributed by atoms with Crippen LogP contribution in [0.3, 0.4) is 0 Å². The number of hydrogen-bond donors (Lipinski definition) is 2. The molecule has 2 N–H and O–H groups in total. The molecule has 0 spiro atoms. The Labute approximate surface area is 127 Å². The van der Waals surface area contributed by atoms with Gasteiger partial charge in [0, 0.05) is 17.1 Å². The van der Waals surface area contributed by atoms with E-state index in [-0.39, 0.29) is 5.91 Å². The highest BCUT2D eigenvalue weighted by molar-refractivity contribution is 6.06. The molecule has 0 atom stereocenters. The van der Waals surface area contributed by atoms with Crippen molar-refractivity contribution >= 4 is 23.0 Å². The van der Waals surface area contributed by atoms with Crippen LogP contribution in [0.25, 0.3) is 10.9 Å². The number of rotatable bonds is 4. The minimum Gasteiger partial charge on any atom is -0.497 e. The summed E-state index contributed by atoms with van der Waals surface area (Å²) in [5, 5.41) is 4.86. The SMILES string of the molecule is COc1ccc(/C=N/NC(=O)c2c[nH]c3ccccc23)cc1. The monoisotopic (exact) mass is 293 g/mol. The maximum atomic E-state index is 12.1. The number of amides is 1. The topological polar surface area (TPSA) is 66.5 Å². The maximum Gasteiger partial charge on any atom is 0.273 e. The molecule has 5 heteroatoms. The zero-order valence-electron chi connectivity index (χ0n) is 12.0. The molecule has 0 bridgehead atoms. The van der Waals surface area contributed by atoms with E-state index in [4.69, 9.17) is 4.74 Å². The molecule has 0 aliphatic heterocycles. The van der Waals surface area contributed by atoms with Crippen molar-refractivity contribution in [3.8, 4) is 5.75 Å². The standard InChI is InChI=1S/C17H15N3O2/c1-22-13-8-6-12(7-9-13)10-19-20-17(21)15-11-18-16-5-3-2-4-14(15)16/h2-11,18H,1H3,(H,20,21)/b19-10+. The van der Waals surface area contributed by atoms with Crippen LogP contribution in [0.1, 0.15) is 15.9 Å². The highest BCUT2D eigenvalue weighted by Gasteiger charge is 2.10. The first-order valence-electron chi connectivity index (χ1n) is 6.81. The molecule has 0 aliphatic carbocycles. The first-order valence-corrected chi connectivity index (χ1v) is 6.81. The summed E-state index contributed by atoms with van der Waals surface area (Å²) in [6.45, 7) is 0. The van der Waals surface area contributed by atoms with Crippen molar-refractivity contribution in [3.63, 3.8) is 0 Å². The summed E-state index contributed by atoms with van der Waals surface area (Å²) in [7, 11) is 1.62. The highest BCUT2D eigenvalue weighted by Crippen LogP contribution is 2.17. The van der Waals surface area contributed by atoms with E-state index in [0.29, 0.717) is 5.56 Å². The van der Waals surface area contributed by atoms with Gasteiger partial charge in [-0.3, -0.25) is 4.79 Å².